The van der Waals surface area contributed by atoms with Crippen LogP contribution in [0.2, 0.25) is 0 Å². The summed E-state index contributed by atoms with van der Waals surface area (Å²) in [5.41, 5.74) is 1.40. The number of benzene rings is 1. The second-order valence-corrected chi connectivity index (χ2v) is 5.78. The molecule has 1 unspecified atom stereocenters. The monoisotopic (exact) mass is 318 g/mol. The third-order valence-electron chi connectivity index (χ3n) is 2.22. The maximum atomic E-state index is 3.72. The predicted octanol–water partition coefficient (Wildman–Crippen LogP) is 4.95. The van der Waals surface area contributed by atoms with Crippen LogP contribution in [0.5, 0.6) is 0 Å². The molecule has 0 aliphatic carbocycles. The first-order valence-electron chi connectivity index (χ1n) is 5.11. The predicted molar refractivity (Wildman–Crippen MR) is 70.1 cm³/mol. The first kappa shape index (κ1) is 12.3. The quantitative estimate of drug-likeness (QED) is 0.674. The fraction of sp³-hybridized carbons (Fsp3) is 0.500. The molecule has 1 aromatic rings. The van der Waals surface area contributed by atoms with Gasteiger partial charge in [-0.1, -0.05) is 63.8 Å². The summed E-state index contributed by atoms with van der Waals surface area (Å²) < 4.78 is 1.17. The van der Waals surface area contributed by atoms with E-state index in [1.54, 1.807) is 0 Å². The number of alkyl halides is 1. The van der Waals surface area contributed by atoms with Crippen molar-refractivity contribution in [3.05, 3.63) is 34.3 Å². The van der Waals surface area contributed by atoms with E-state index in [0.29, 0.717) is 4.83 Å². The van der Waals surface area contributed by atoms with Gasteiger partial charge in [-0.15, -0.1) is 0 Å². The molecule has 0 nitrogen and oxygen atoms in total. The minimum absolute atomic E-state index is 0.622. The topological polar surface area (TPSA) is 0 Å². The van der Waals surface area contributed by atoms with E-state index in [0.717, 1.165) is 6.42 Å². The second kappa shape index (κ2) is 6.62. The van der Waals surface area contributed by atoms with Gasteiger partial charge in [0.15, 0.2) is 0 Å². The Labute approximate surface area is 103 Å². The van der Waals surface area contributed by atoms with Crippen molar-refractivity contribution in [1.82, 2.24) is 0 Å². The van der Waals surface area contributed by atoms with Gasteiger partial charge in [0.1, 0.15) is 0 Å². The fourth-order valence-electron chi connectivity index (χ4n) is 1.45. The number of rotatable bonds is 5. The molecule has 0 spiro atoms. The summed E-state index contributed by atoms with van der Waals surface area (Å²) in [5, 5.41) is 0. The molecular weight excluding hydrogens is 304 g/mol. The van der Waals surface area contributed by atoms with Crippen LogP contribution in [0.4, 0.5) is 0 Å². The van der Waals surface area contributed by atoms with Gasteiger partial charge >= 0.3 is 0 Å². The molecule has 0 aromatic heterocycles. The Kier molecular flexibility index (Phi) is 5.80. The molecule has 0 bridgehead atoms. The molecule has 14 heavy (non-hydrogen) atoms. The van der Waals surface area contributed by atoms with Crippen molar-refractivity contribution in [1.29, 1.82) is 0 Å². The molecule has 1 aromatic carbocycles. The van der Waals surface area contributed by atoms with E-state index in [9.17, 15) is 0 Å². The first-order chi connectivity index (χ1) is 6.72. The first-order valence-corrected chi connectivity index (χ1v) is 6.81. The Morgan fingerprint density at radius 2 is 2.14 bits per heavy atom. The van der Waals surface area contributed by atoms with Crippen molar-refractivity contribution >= 4 is 31.9 Å². The molecule has 0 amide bonds. The maximum absolute atomic E-state index is 3.72. The van der Waals surface area contributed by atoms with Gasteiger partial charge in [-0.25, -0.2) is 0 Å². The Balaban J connectivity index is 2.43. The van der Waals surface area contributed by atoms with Gasteiger partial charge in [0, 0.05) is 9.30 Å². The van der Waals surface area contributed by atoms with Crippen LogP contribution in [0.3, 0.4) is 0 Å². The summed E-state index contributed by atoms with van der Waals surface area (Å²) in [6, 6.07) is 8.54. The maximum Gasteiger partial charge on any atom is 0.0186 e. The van der Waals surface area contributed by atoms with Crippen LogP contribution in [-0.2, 0) is 6.42 Å². The van der Waals surface area contributed by atoms with Crippen LogP contribution < -0.4 is 0 Å². The third kappa shape index (κ3) is 4.61. The summed E-state index contributed by atoms with van der Waals surface area (Å²) in [5.74, 6) is 0. The molecule has 2 heteroatoms. The van der Waals surface area contributed by atoms with Crippen LogP contribution in [-0.4, -0.2) is 4.83 Å². The number of hydrogen-bond acceptors (Lipinski definition) is 0. The lowest BCUT2D eigenvalue weighted by Gasteiger charge is -2.09. The van der Waals surface area contributed by atoms with Gasteiger partial charge in [-0.3, -0.25) is 0 Å². The highest BCUT2D eigenvalue weighted by atomic mass is 79.9. The highest BCUT2D eigenvalue weighted by molar-refractivity contribution is 9.10. The average molecular weight is 320 g/mol. The smallest absolute Gasteiger partial charge is 0.0186 e. The fourth-order valence-corrected chi connectivity index (χ4v) is 2.59. The standard InChI is InChI=1S/C12H16Br2/c1-2-3-6-11(13)8-10-5-4-7-12(14)9-10/h4-5,7,9,11H,2-3,6,8H2,1H3. The Morgan fingerprint density at radius 3 is 2.79 bits per heavy atom. The van der Waals surface area contributed by atoms with Gasteiger partial charge < -0.3 is 0 Å². The Bertz CT molecular complexity index is 271. The second-order valence-electron chi connectivity index (χ2n) is 3.57. The highest BCUT2D eigenvalue weighted by Crippen LogP contribution is 2.18. The molecule has 1 rings (SSSR count). The normalized spacial score (nSPS) is 12.8. The summed E-state index contributed by atoms with van der Waals surface area (Å²) in [6.45, 7) is 2.23. The third-order valence-corrected chi connectivity index (χ3v) is 3.49. The van der Waals surface area contributed by atoms with Crippen molar-refractivity contribution in [3.63, 3.8) is 0 Å². The van der Waals surface area contributed by atoms with Gasteiger partial charge in [0.2, 0.25) is 0 Å². The van der Waals surface area contributed by atoms with Crippen molar-refractivity contribution < 1.29 is 0 Å². The van der Waals surface area contributed by atoms with Gasteiger partial charge in [-0.05, 0) is 30.5 Å². The van der Waals surface area contributed by atoms with E-state index >= 15 is 0 Å². The SMILES string of the molecule is CCCCC(Br)Cc1cccc(Br)c1. The van der Waals surface area contributed by atoms with E-state index in [1.165, 1.54) is 29.3 Å². The van der Waals surface area contributed by atoms with Crippen molar-refractivity contribution in [2.75, 3.05) is 0 Å². The number of unbranched alkanes of at least 4 members (excludes halogenated alkanes) is 1. The lowest BCUT2D eigenvalue weighted by atomic mass is 10.1. The van der Waals surface area contributed by atoms with Crippen LogP contribution in [0.15, 0.2) is 28.7 Å². The zero-order valence-electron chi connectivity index (χ0n) is 8.47. The number of hydrogen-bond donors (Lipinski definition) is 0. The molecule has 0 saturated heterocycles. The molecule has 1 atom stereocenters. The molecular formula is C12H16Br2. The molecule has 0 fully saturated rings. The number of halogens is 2. The van der Waals surface area contributed by atoms with Crippen LogP contribution >= 0.6 is 31.9 Å². The van der Waals surface area contributed by atoms with E-state index in [4.69, 9.17) is 0 Å². The summed E-state index contributed by atoms with van der Waals surface area (Å²) in [6.07, 6.45) is 4.98. The zero-order valence-corrected chi connectivity index (χ0v) is 11.6. The Hall–Kier alpha value is 0.180. The molecule has 0 radical (unpaired) electrons. The van der Waals surface area contributed by atoms with Crippen LogP contribution in [0.25, 0.3) is 0 Å². The summed E-state index contributed by atoms with van der Waals surface area (Å²) in [4.78, 5) is 0.622. The summed E-state index contributed by atoms with van der Waals surface area (Å²) >= 11 is 7.21. The average Bonchev–Trinajstić information content (AvgIpc) is 2.15. The molecule has 0 saturated carbocycles. The van der Waals surface area contributed by atoms with Gasteiger partial charge in [0.05, 0.1) is 0 Å². The minimum Gasteiger partial charge on any atom is -0.0887 e. The lowest BCUT2D eigenvalue weighted by molar-refractivity contribution is 0.687. The highest BCUT2D eigenvalue weighted by Gasteiger charge is 2.04. The molecule has 0 heterocycles. The van der Waals surface area contributed by atoms with Gasteiger partial charge in [0.25, 0.3) is 0 Å². The van der Waals surface area contributed by atoms with Crippen molar-refractivity contribution in [2.24, 2.45) is 0 Å². The van der Waals surface area contributed by atoms with Crippen LogP contribution in [0.1, 0.15) is 31.7 Å². The van der Waals surface area contributed by atoms with Crippen molar-refractivity contribution in [2.45, 2.75) is 37.4 Å². The molecule has 0 aliphatic heterocycles. The lowest BCUT2D eigenvalue weighted by Crippen LogP contribution is -2.02. The molecule has 78 valence electrons. The van der Waals surface area contributed by atoms with Gasteiger partial charge in [-0.2, -0.15) is 0 Å². The van der Waals surface area contributed by atoms with E-state index in [1.807, 2.05) is 0 Å². The molecule has 0 N–H and O–H groups in total. The van der Waals surface area contributed by atoms with E-state index in [-0.39, 0.29) is 0 Å². The van der Waals surface area contributed by atoms with E-state index < -0.39 is 0 Å². The zero-order chi connectivity index (χ0) is 10.4. The van der Waals surface area contributed by atoms with Crippen LogP contribution in [0, 0.1) is 0 Å². The largest absolute Gasteiger partial charge is 0.0887 e. The Morgan fingerprint density at radius 1 is 1.36 bits per heavy atom. The minimum atomic E-state index is 0.622. The van der Waals surface area contributed by atoms with Crippen molar-refractivity contribution in [3.8, 4) is 0 Å². The molecule has 0 aliphatic rings. The summed E-state index contributed by atoms with van der Waals surface area (Å²) in [7, 11) is 0. The van der Waals surface area contributed by atoms with E-state index in [2.05, 4.69) is 63.0 Å².